The Bertz CT molecular complexity index is 757. The first kappa shape index (κ1) is 19.9. The molecule has 1 aromatic carbocycles. The number of hydrogen-bond acceptors (Lipinski definition) is 3. The van der Waals surface area contributed by atoms with Crippen molar-refractivity contribution in [2.75, 3.05) is 18.4 Å². The van der Waals surface area contributed by atoms with Crippen LogP contribution in [0.5, 0.6) is 0 Å². The number of aromatic nitrogens is 2. The maximum Gasteiger partial charge on any atom is 0.226 e. The van der Waals surface area contributed by atoms with Crippen LogP contribution < -0.4 is 5.32 Å². The lowest BCUT2D eigenvalue weighted by atomic mass is 10.2. The molecule has 2 aromatic rings. The van der Waals surface area contributed by atoms with Gasteiger partial charge in [-0.25, -0.2) is 4.98 Å². The summed E-state index contributed by atoms with van der Waals surface area (Å²) in [7, 11) is 0. The van der Waals surface area contributed by atoms with Gasteiger partial charge in [0.25, 0.3) is 0 Å². The quantitative estimate of drug-likeness (QED) is 0.761. The summed E-state index contributed by atoms with van der Waals surface area (Å²) >= 11 is 0. The normalized spacial score (nSPS) is 16.0. The SMILES string of the molecule is CCCCn1c(CN2CCCCCC2)nc2cc(NC(=O)C(C)C)ccc21. The number of rotatable bonds is 7. The van der Waals surface area contributed by atoms with E-state index in [1.54, 1.807) is 0 Å². The Kier molecular flexibility index (Phi) is 6.89. The van der Waals surface area contributed by atoms with Crippen molar-refractivity contribution in [1.29, 1.82) is 0 Å². The zero-order chi connectivity index (χ0) is 19.2. The van der Waals surface area contributed by atoms with Crippen molar-refractivity contribution in [3.63, 3.8) is 0 Å². The minimum absolute atomic E-state index is 0.0265. The molecule has 0 bridgehead atoms. The molecule has 0 aliphatic carbocycles. The number of amides is 1. The zero-order valence-electron chi connectivity index (χ0n) is 17.1. The highest BCUT2D eigenvalue weighted by atomic mass is 16.1. The first-order valence-corrected chi connectivity index (χ1v) is 10.6. The molecule has 1 aliphatic rings. The lowest BCUT2D eigenvalue weighted by Gasteiger charge is -2.20. The lowest BCUT2D eigenvalue weighted by Crippen LogP contribution is -2.26. The van der Waals surface area contributed by atoms with Crippen LogP contribution in [0.2, 0.25) is 0 Å². The third-order valence-corrected chi connectivity index (χ3v) is 5.42. The Balaban J connectivity index is 1.87. The largest absolute Gasteiger partial charge is 0.327 e. The van der Waals surface area contributed by atoms with Crippen LogP contribution in [0.3, 0.4) is 0 Å². The second-order valence-corrected chi connectivity index (χ2v) is 8.07. The molecule has 3 rings (SSSR count). The predicted molar refractivity (Wildman–Crippen MR) is 112 cm³/mol. The number of anilines is 1. The number of nitrogens with one attached hydrogen (secondary N) is 1. The van der Waals surface area contributed by atoms with Crippen molar-refractivity contribution < 1.29 is 4.79 Å². The molecule has 0 atom stereocenters. The monoisotopic (exact) mass is 370 g/mol. The minimum Gasteiger partial charge on any atom is -0.327 e. The fraction of sp³-hybridized carbons (Fsp3) is 0.636. The summed E-state index contributed by atoms with van der Waals surface area (Å²) < 4.78 is 2.39. The van der Waals surface area contributed by atoms with E-state index in [2.05, 4.69) is 27.8 Å². The molecule has 5 heteroatoms. The molecule has 0 spiro atoms. The van der Waals surface area contributed by atoms with Gasteiger partial charge >= 0.3 is 0 Å². The Hall–Kier alpha value is -1.88. The number of carbonyl (C=O) groups is 1. The summed E-state index contributed by atoms with van der Waals surface area (Å²) in [6.07, 6.45) is 7.61. The van der Waals surface area contributed by atoms with E-state index in [4.69, 9.17) is 4.98 Å². The molecule has 0 unspecified atom stereocenters. The number of aryl methyl sites for hydroxylation is 1. The van der Waals surface area contributed by atoms with Crippen LogP contribution in [0.4, 0.5) is 5.69 Å². The molecule has 1 N–H and O–H groups in total. The highest BCUT2D eigenvalue weighted by Gasteiger charge is 2.16. The van der Waals surface area contributed by atoms with Gasteiger partial charge in [-0.05, 0) is 50.6 Å². The molecular formula is C22H34N4O. The zero-order valence-corrected chi connectivity index (χ0v) is 17.1. The van der Waals surface area contributed by atoms with E-state index in [1.807, 2.05) is 26.0 Å². The fourth-order valence-electron chi connectivity index (χ4n) is 3.72. The van der Waals surface area contributed by atoms with E-state index in [9.17, 15) is 4.79 Å². The Morgan fingerprint density at radius 1 is 1.19 bits per heavy atom. The average molecular weight is 371 g/mol. The first-order valence-electron chi connectivity index (χ1n) is 10.6. The number of imidazole rings is 1. The summed E-state index contributed by atoms with van der Waals surface area (Å²) in [6, 6.07) is 6.13. The minimum atomic E-state index is -0.0265. The number of carbonyl (C=O) groups excluding carboxylic acids is 1. The lowest BCUT2D eigenvalue weighted by molar-refractivity contribution is -0.118. The van der Waals surface area contributed by atoms with Crippen LogP contribution in [0, 0.1) is 5.92 Å². The predicted octanol–water partition coefficient (Wildman–Crippen LogP) is 4.81. The Morgan fingerprint density at radius 3 is 2.59 bits per heavy atom. The molecule has 1 amide bonds. The summed E-state index contributed by atoms with van der Waals surface area (Å²) in [5.41, 5.74) is 3.00. The first-order chi connectivity index (χ1) is 13.1. The number of fused-ring (bicyclic) bond motifs is 1. The molecule has 1 saturated heterocycles. The number of nitrogens with zero attached hydrogens (tertiary/aromatic N) is 3. The van der Waals surface area contributed by atoms with Gasteiger partial charge in [0.2, 0.25) is 5.91 Å². The number of unbranched alkanes of at least 4 members (excludes halogenated alkanes) is 1. The molecule has 0 radical (unpaired) electrons. The molecular weight excluding hydrogens is 336 g/mol. The van der Waals surface area contributed by atoms with Crippen molar-refractivity contribution in [3.8, 4) is 0 Å². The maximum absolute atomic E-state index is 12.0. The van der Waals surface area contributed by atoms with Crippen LogP contribution >= 0.6 is 0 Å². The van der Waals surface area contributed by atoms with Gasteiger partial charge in [0, 0.05) is 18.2 Å². The molecule has 1 aromatic heterocycles. The van der Waals surface area contributed by atoms with Gasteiger partial charge in [-0.15, -0.1) is 0 Å². The van der Waals surface area contributed by atoms with Crippen LogP contribution in [0.15, 0.2) is 18.2 Å². The Labute approximate surface area is 163 Å². The molecule has 27 heavy (non-hydrogen) atoms. The van der Waals surface area contributed by atoms with Gasteiger partial charge in [0.05, 0.1) is 17.6 Å². The van der Waals surface area contributed by atoms with Crippen LogP contribution in [0.25, 0.3) is 11.0 Å². The smallest absolute Gasteiger partial charge is 0.226 e. The van der Waals surface area contributed by atoms with Gasteiger partial charge < -0.3 is 9.88 Å². The van der Waals surface area contributed by atoms with Gasteiger partial charge in [-0.2, -0.15) is 0 Å². The van der Waals surface area contributed by atoms with Crippen molar-refractivity contribution in [2.24, 2.45) is 5.92 Å². The van der Waals surface area contributed by atoms with E-state index < -0.39 is 0 Å². The van der Waals surface area contributed by atoms with E-state index in [1.165, 1.54) is 50.7 Å². The van der Waals surface area contributed by atoms with E-state index >= 15 is 0 Å². The van der Waals surface area contributed by atoms with Gasteiger partial charge in [0.15, 0.2) is 0 Å². The number of likely N-dealkylation sites (tertiary alicyclic amines) is 1. The summed E-state index contributed by atoms with van der Waals surface area (Å²) in [6.45, 7) is 10.3. The third kappa shape index (κ3) is 5.10. The van der Waals surface area contributed by atoms with Crippen LogP contribution in [-0.4, -0.2) is 33.4 Å². The van der Waals surface area contributed by atoms with Crippen molar-refractivity contribution in [2.45, 2.75) is 72.4 Å². The van der Waals surface area contributed by atoms with Gasteiger partial charge in [-0.1, -0.05) is 40.0 Å². The highest BCUT2D eigenvalue weighted by Crippen LogP contribution is 2.23. The molecule has 0 saturated carbocycles. The topological polar surface area (TPSA) is 50.2 Å². The van der Waals surface area contributed by atoms with Crippen molar-refractivity contribution in [3.05, 3.63) is 24.0 Å². The van der Waals surface area contributed by atoms with E-state index in [0.717, 1.165) is 36.5 Å². The average Bonchev–Trinajstić information content (AvgIpc) is 2.80. The Morgan fingerprint density at radius 2 is 1.93 bits per heavy atom. The van der Waals surface area contributed by atoms with E-state index in [-0.39, 0.29) is 11.8 Å². The second kappa shape index (κ2) is 9.36. The molecule has 1 fully saturated rings. The van der Waals surface area contributed by atoms with Gasteiger partial charge in [-0.3, -0.25) is 9.69 Å². The standard InChI is InChI=1S/C22H34N4O/c1-4-5-14-26-20-11-10-18(23-22(27)17(2)3)15-19(20)24-21(26)16-25-12-8-6-7-9-13-25/h10-11,15,17H,4-9,12-14,16H2,1-3H3,(H,23,27). The molecule has 148 valence electrons. The fourth-order valence-corrected chi connectivity index (χ4v) is 3.72. The molecule has 2 heterocycles. The summed E-state index contributed by atoms with van der Waals surface area (Å²) in [5, 5.41) is 3.00. The third-order valence-electron chi connectivity index (χ3n) is 5.42. The van der Waals surface area contributed by atoms with Gasteiger partial charge in [0.1, 0.15) is 5.82 Å². The van der Waals surface area contributed by atoms with Crippen LogP contribution in [-0.2, 0) is 17.9 Å². The number of benzene rings is 1. The molecule has 1 aliphatic heterocycles. The summed E-state index contributed by atoms with van der Waals surface area (Å²) in [4.78, 5) is 19.5. The molecule has 5 nitrogen and oxygen atoms in total. The summed E-state index contributed by atoms with van der Waals surface area (Å²) in [5.74, 6) is 1.18. The van der Waals surface area contributed by atoms with Crippen molar-refractivity contribution >= 4 is 22.6 Å². The maximum atomic E-state index is 12.0. The van der Waals surface area contributed by atoms with Crippen LogP contribution in [0.1, 0.15) is 65.1 Å². The van der Waals surface area contributed by atoms with E-state index in [0.29, 0.717) is 0 Å². The second-order valence-electron chi connectivity index (χ2n) is 8.07. The number of hydrogen-bond donors (Lipinski definition) is 1. The van der Waals surface area contributed by atoms with Crippen molar-refractivity contribution in [1.82, 2.24) is 14.5 Å². The highest BCUT2D eigenvalue weighted by molar-refractivity contribution is 5.94.